The van der Waals surface area contributed by atoms with Crippen molar-refractivity contribution < 1.29 is 23.0 Å². The Balaban J connectivity index is 2.34. The number of halogens is 2. The quantitative estimate of drug-likeness (QED) is 0.874. The van der Waals surface area contributed by atoms with Crippen LogP contribution in [0.4, 0.5) is 14.5 Å². The molecule has 0 fully saturated rings. The van der Waals surface area contributed by atoms with Crippen molar-refractivity contribution in [1.82, 2.24) is 4.98 Å². The highest BCUT2D eigenvalue weighted by Gasteiger charge is 2.12. The molecule has 2 aromatic rings. The molecule has 1 aromatic heterocycles. The van der Waals surface area contributed by atoms with Crippen molar-refractivity contribution >= 4 is 11.7 Å². The second kappa shape index (κ2) is 5.52. The Kier molecular flexibility index (Phi) is 3.79. The van der Waals surface area contributed by atoms with E-state index in [0.29, 0.717) is 6.07 Å². The number of methoxy groups -OCH3 is 1. The lowest BCUT2D eigenvalue weighted by atomic mass is 10.3. The second-order valence-corrected chi connectivity index (χ2v) is 3.79. The van der Waals surface area contributed by atoms with Gasteiger partial charge < -0.3 is 15.2 Å². The number of nitrogen functional groups attached to an aromatic ring is 1. The summed E-state index contributed by atoms with van der Waals surface area (Å²) in [5, 5.41) is 0. The van der Waals surface area contributed by atoms with E-state index in [1.807, 2.05) is 0 Å². The van der Waals surface area contributed by atoms with Gasteiger partial charge in [-0.25, -0.2) is 18.6 Å². The van der Waals surface area contributed by atoms with Gasteiger partial charge in [-0.05, 0) is 12.1 Å². The fraction of sp³-hybridized carbons (Fsp3) is 0.0769. The van der Waals surface area contributed by atoms with Crippen LogP contribution in [0.1, 0.15) is 10.5 Å². The molecule has 20 heavy (non-hydrogen) atoms. The highest BCUT2D eigenvalue weighted by Crippen LogP contribution is 2.26. The minimum absolute atomic E-state index is 0.0337. The fourth-order valence-corrected chi connectivity index (χ4v) is 1.45. The van der Waals surface area contributed by atoms with E-state index in [-0.39, 0.29) is 23.0 Å². The Bertz CT molecular complexity index is 642. The minimum atomic E-state index is -0.803. The number of nitrogens with two attached hydrogens (primary N) is 1. The van der Waals surface area contributed by atoms with Crippen LogP contribution in [-0.2, 0) is 4.74 Å². The van der Waals surface area contributed by atoms with Crippen molar-refractivity contribution in [3.63, 3.8) is 0 Å². The molecule has 0 aliphatic carbocycles. The third-order valence-electron chi connectivity index (χ3n) is 2.33. The average Bonchev–Trinajstić information content (AvgIpc) is 2.39. The van der Waals surface area contributed by atoms with Gasteiger partial charge in [0.15, 0.2) is 5.69 Å². The fourth-order valence-electron chi connectivity index (χ4n) is 1.45. The molecule has 0 aliphatic heterocycles. The number of benzene rings is 1. The molecule has 0 saturated heterocycles. The SMILES string of the molecule is COC(=O)c1ccc(N)c(Oc2cc(F)cc(F)c2)n1. The summed E-state index contributed by atoms with van der Waals surface area (Å²) in [6, 6.07) is 5.36. The normalized spacial score (nSPS) is 10.2. The summed E-state index contributed by atoms with van der Waals surface area (Å²) in [5.41, 5.74) is 5.71. The van der Waals surface area contributed by atoms with Crippen molar-refractivity contribution in [2.24, 2.45) is 0 Å². The molecule has 1 heterocycles. The van der Waals surface area contributed by atoms with Crippen molar-refractivity contribution in [2.45, 2.75) is 0 Å². The van der Waals surface area contributed by atoms with Gasteiger partial charge in [0.05, 0.1) is 12.8 Å². The highest BCUT2D eigenvalue weighted by molar-refractivity contribution is 5.87. The maximum Gasteiger partial charge on any atom is 0.356 e. The lowest BCUT2D eigenvalue weighted by Gasteiger charge is -2.08. The summed E-state index contributed by atoms with van der Waals surface area (Å²) < 4.78 is 35.8. The number of carbonyl (C=O) groups is 1. The number of carbonyl (C=O) groups excluding carboxylic acids is 1. The molecule has 0 unspecified atom stereocenters. The van der Waals surface area contributed by atoms with E-state index in [1.165, 1.54) is 19.2 Å². The monoisotopic (exact) mass is 280 g/mol. The number of nitrogens with zero attached hydrogens (tertiary/aromatic N) is 1. The van der Waals surface area contributed by atoms with E-state index < -0.39 is 17.6 Å². The number of ether oxygens (including phenoxy) is 2. The third-order valence-corrected chi connectivity index (χ3v) is 2.33. The van der Waals surface area contributed by atoms with E-state index in [0.717, 1.165) is 12.1 Å². The average molecular weight is 280 g/mol. The van der Waals surface area contributed by atoms with Crippen LogP contribution in [0.2, 0.25) is 0 Å². The number of hydrogen-bond donors (Lipinski definition) is 1. The zero-order valence-electron chi connectivity index (χ0n) is 10.4. The first-order valence-electron chi connectivity index (χ1n) is 5.48. The molecule has 0 saturated carbocycles. The number of pyridine rings is 1. The van der Waals surface area contributed by atoms with Crippen LogP contribution in [0.25, 0.3) is 0 Å². The smallest absolute Gasteiger partial charge is 0.356 e. The predicted octanol–water partition coefficient (Wildman–Crippen LogP) is 2.52. The summed E-state index contributed by atoms with van der Waals surface area (Å²) in [7, 11) is 1.20. The van der Waals surface area contributed by atoms with Crippen LogP contribution in [0, 0.1) is 11.6 Å². The van der Waals surface area contributed by atoms with Gasteiger partial charge >= 0.3 is 5.97 Å². The van der Waals surface area contributed by atoms with Gasteiger partial charge in [0.2, 0.25) is 5.88 Å². The summed E-state index contributed by atoms with van der Waals surface area (Å²) >= 11 is 0. The Morgan fingerprint density at radius 1 is 1.20 bits per heavy atom. The summed E-state index contributed by atoms with van der Waals surface area (Å²) in [6.45, 7) is 0. The van der Waals surface area contributed by atoms with E-state index in [2.05, 4.69) is 9.72 Å². The molecular formula is C13H10F2N2O3. The molecule has 0 bridgehead atoms. The highest BCUT2D eigenvalue weighted by atomic mass is 19.1. The number of hydrogen-bond acceptors (Lipinski definition) is 5. The first-order valence-corrected chi connectivity index (χ1v) is 5.48. The first kappa shape index (κ1) is 13.7. The lowest BCUT2D eigenvalue weighted by molar-refractivity contribution is 0.0593. The van der Waals surface area contributed by atoms with Gasteiger partial charge in [-0.2, -0.15) is 0 Å². The van der Waals surface area contributed by atoms with Crippen LogP contribution in [0.15, 0.2) is 30.3 Å². The van der Waals surface area contributed by atoms with E-state index in [9.17, 15) is 13.6 Å². The van der Waals surface area contributed by atoms with Crippen LogP contribution in [-0.4, -0.2) is 18.1 Å². The van der Waals surface area contributed by atoms with Crippen molar-refractivity contribution in [2.75, 3.05) is 12.8 Å². The molecule has 0 radical (unpaired) electrons. The number of anilines is 1. The molecule has 104 valence electrons. The van der Waals surface area contributed by atoms with Gasteiger partial charge in [-0.3, -0.25) is 0 Å². The lowest BCUT2D eigenvalue weighted by Crippen LogP contribution is -2.06. The Morgan fingerprint density at radius 2 is 1.85 bits per heavy atom. The Morgan fingerprint density at radius 3 is 2.45 bits per heavy atom. The van der Waals surface area contributed by atoms with Gasteiger partial charge in [0.1, 0.15) is 17.4 Å². The standard InChI is InChI=1S/C13H10F2N2O3/c1-19-13(18)11-3-2-10(16)12(17-11)20-9-5-7(14)4-8(15)6-9/h2-6H,16H2,1H3. The zero-order chi connectivity index (χ0) is 14.7. The van der Waals surface area contributed by atoms with Gasteiger partial charge in [0, 0.05) is 18.2 Å². The van der Waals surface area contributed by atoms with E-state index in [1.54, 1.807) is 0 Å². The van der Waals surface area contributed by atoms with Gasteiger partial charge in [-0.15, -0.1) is 0 Å². The third kappa shape index (κ3) is 3.00. The summed E-state index contributed by atoms with van der Waals surface area (Å²) in [6.07, 6.45) is 0. The van der Waals surface area contributed by atoms with Crippen LogP contribution < -0.4 is 10.5 Å². The minimum Gasteiger partial charge on any atom is -0.464 e. The number of rotatable bonds is 3. The molecule has 2 rings (SSSR count). The number of esters is 1. The molecule has 7 heteroatoms. The molecule has 0 atom stereocenters. The van der Waals surface area contributed by atoms with Gasteiger partial charge in [-0.1, -0.05) is 0 Å². The van der Waals surface area contributed by atoms with Crippen LogP contribution in [0.5, 0.6) is 11.6 Å². The van der Waals surface area contributed by atoms with Crippen LogP contribution >= 0.6 is 0 Å². The molecule has 5 nitrogen and oxygen atoms in total. The van der Waals surface area contributed by atoms with Crippen molar-refractivity contribution in [3.8, 4) is 11.6 Å². The number of aromatic nitrogens is 1. The summed E-state index contributed by atoms with van der Waals surface area (Å²) in [5.74, 6) is -2.55. The first-order chi connectivity index (χ1) is 9.49. The van der Waals surface area contributed by atoms with Gasteiger partial charge in [0.25, 0.3) is 0 Å². The maximum absolute atomic E-state index is 13.0. The molecule has 0 aliphatic rings. The van der Waals surface area contributed by atoms with E-state index in [4.69, 9.17) is 10.5 Å². The van der Waals surface area contributed by atoms with Crippen molar-refractivity contribution in [1.29, 1.82) is 0 Å². The van der Waals surface area contributed by atoms with Crippen LogP contribution in [0.3, 0.4) is 0 Å². The van der Waals surface area contributed by atoms with E-state index >= 15 is 0 Å². The zero-order valence-corrected chi connectivity index (χ0v) is 10.4. The molecule has 1 aromatic carbocycles. The Labute approximate surface area is 112 Å². The maximum atomic E-state index is 13.0. The van der Waals surface area contributed by atoms with Crippen molar-refractivity contribution in [3.05, 3.63) is 47.7 Å². The topological polar surface area (TPSA) is 74.4 Å². The molecule has 2 N–H and O–H groups in total. The largest absolute Gasteiger partial charge is 0.464 e. The summed E-state index contributed by atoms with van der Waals surface area (Å²) in [4.78, 5) is 15.2. The molecular weight excluding hydrogens is 270 g/mol. The predicted molar refractivity (Wildman–Crippen MR) is 66.4 cm³/mol. The molecule has 0 spiro atoms. The molecule has 0 amide bonds. The second-order valence-electron chi connectivity index (χ2n) is 3.79. The Hall–Kier alpha value is -2.70.